The van der Waals surface area contributed by atoms with Gasteiger partial charge in [-0.15, -0.1) is 0 Å². The zero-order chi connectivity index (χ0) is 13.8. The maximum Gasteiger partial charge on any atom is 0.119 e. The first-order chi connectivity index (χ1) is 9.86. The molecule has 1 aliphatic rings. The highest BCUT2D eigenvalue weighted by Gasteiger charge is 2.15. The summed E-state index contributed by atoms with van der Waals surface area (Å²) in [4.78, 5) is 0. The van der Waals surface area contributed by atoms with Gasteiger partial charge >= 0.3 is 0 Å². The molecule has 0 radical (unpaired) electrons. The molecule has 20 heavy (non-hydrogen) atoms. The number of hydrogen-bond donors (Lipinski definition) is 1. The zero-order valence-corrected chi connectivity index (χ0v) is 11.6. The van der Waals surface area contributed by atoms with Crippen LogP contribution in [0.4, 0.5) is 0 Å². The molecule has 1 fully saturated rings. The van der Waals surface area contributed by atoms with Gasteiger partial charge in [0.05, 0.1) is 19.8 Å². The van der Waals surface area contributed by atoms with Crippen molar-refractivity contribution < 1.29 is 9.47 Å². The lowest BCUT2D eigenvalue weighted by molar-refractivity contribution is 0.0277. The lowest BCUT2D eigenvalue weighted by Crippen LogP contribution is -2.33. The number of ether oxygens (including phenoxy) is 2. The van der Waals surface area contributed by atoms with E-state index in [0.717, 1.165) is 25.4 Å². The standard InChI is InChI=1S/C17H19NO2/c1-19-16-4-2-3-15(11-16)13-5-7-14(8-6-13)17-12-18-9-10-20-17/h2-8,11,17-18H,9-10,12H2,1H3. The van der Waals surface area contributed by atoms with Crippen LogP contribution in [0, 0.1) is 0 Å². The highest BCUT2D eigenvalue weighted by Crippen LogP contribution is 2.26. The summed E-state index contributed by atoms with van der Waals surface area (Å²) in [5.41, 5.74) is 3.58. The van der Waals surface area contributed by atoms with Gasteiger partial charge in [0, 0.05) is 13.1 Å². The van der Waals surface area contributed by atoms with E-state index >= 15 is 0 Å². The van der Waals surface area contributed by atoms with E-state index in [1.54, 1.807) is 7.11 Å². The molecule has 3 nitrogen and oxygen atoms in total. The van der Waals surface area contributed by atoms with E-state index in [1.807, 2.05) is 18.2 Å². The molecule has 104 valence electrons. The van der Waals surface area contributed by atoms with Crippen LogP contribution in [0.25, 0.3) is 11.1 Å². The quantitative estimate of drug-likeness (QED) is 0.929. The molecule has 1 aliphatic heterocycles. The number of hydrogen-bond acceptors (Lipinski definition) is 3. The summed E-state index contributed by atoms with van der Waals surface area (Å²) in [6.45, 7) is 2.61. The summed E-state index contributed by atoms with van der Waals surface area (Å²) < 4.78 is 11.0. The Morgan fingerprint density at radius 1 is 1.10 bits per heavy atom. The van der Waals surface area contributed by atoms with Gasteiger partial charge in [0.2, 0.25) is 0 Å². The Balaban J connectivity index is 1.81. The van der Waals surface area contributed by atoms with Gasteiger partial charge in [0.25, 0.3) is 0 Å². The minimum atomic E-state index is 0.170. The fourth-order valence-corrected chi connectivity index (χ4v) is 2.47. The third-order valence-corrected chi connectivity index (χ3v) is 3.61. The summed E-state index contributed by atoms with van der Waals surface area (Å²) in [6, 6.07) is 16.7. The van der Waals surface area contributed by atoms with Crippen LogP contribution >= 0.6 is 0 Å². The Morgan fingerprint density at radius 2 is 1.95 bits per heavy atom. The number of morpholine rings is 1. The van der Waals surface area contributed by atoms with Gasteiger partial charge in [-0.25, -0.2) is 0 Å². The molecular formula is C17H19NO2. The fraction of sp³-hybridized carbons (Fsp3) is 0.294. The largest absolute Gasteiger partial charge is 0.497 e. The molecule has 3 heteroatoms. The number of nitrogens with one attached hydrogen (secondary N) is 1. The van der Waals surface area contributed by atoms with Crippen LogP contribution in [0.1, 0.15) is 11.7 Å². The number of methoxy groups -OCH3 is 1. The molecule has 0 amide bonds. The molecular weight excluding hydrogens is 250 g/mol. The van der Waals surface area contributed by atoms with Crippen LogP contribution in [0.15, 0.2) is 48.5 Å². The molecule has 1 saturated heterocycles. The topological polar surface area (TPSA) is 30.5 Å². The van der Waals surface area contributed by atoms with E-state index in [1.165, 1.54) is 16.7 Å². The molecule has 0 aliphatic carbocycles. The maximum absolute atomic E-state index is 5.76. The predicted molar refractivity (Wildman–Crippen MR) is 80.0 cm³/mol. The van der Waals surface area contributed by atoms with Crippen molar-refractivity contribution in [1.82, 2.24) is 5.32 Å². The predicted octanol–water partition coefficient (Wildman–Crippen LogP) is 3.02. The highest BCUT2D eigenvalue weighted by molar-refractivity contribution is 5.65. The molecule has 2 aromatic carbocycles. The van der Waals surface area contributed by atoms with Gasteiger partial charge in [0.15, 0.2) is 0 Å². The number of benzene rings is 2. The highest BCUT2D eigenvalue weighted by atomic mass is 16.5. The smallest absolute Gasteiger partial charge is 0.119 e. The van der Waals surface area contributed by atoms with Gasteiger partial charge in [-0.1, -0.05) is 36.4 Å². The van der Waals surface area contributed by atoms with E-state index < -0.39 is 0 Å². The average Bonchev–Trinajstić information content (AvgIpc) is 2.56. The molecule has 0 bridgehead atoms. The molecule has 1 N–H and O–H groups in total. The average molecular weight is 269 g/mol. The molecule has 0 saturated carbocycles. The van der Waals surface area contributed by atoms with Crippen LogP contribution in [-0.4, -0.2) is 26.8 Å². The van der Waals surface area contributed by atoms with Crippen molar-refractivity contribution >= 4 is 0 Å². The normalized spacial score (nSPS) is 18.8. The molecule has 2 aromatic rings. The molecule has 3 rings (SSSR count). The summed E-state index contributed by atoms with van der Waals surface area (Å²) in [6.07, 6.45) is 0.170. The molecule has 1 heterocycles. The van der Waals surface area contributed by atoms with Gasteiger partial charge < -0.3 is 14.8 Å². The van der Waals surface area contributed by atoms with Crippen LogP contribution in [0.3, 0.4) is 0 Å². The van der Waals surface area contributed by atoms with Crippen molar-refractivity contribution in [3.05, 3.63) is 54.1 Å². The first-order valence-electron chi connectivity index (χ1n) is 6.93. The second kappa shape index (κ2) is 6.07. The van der Waals surface area contributed by atoms with Crippen LogP contribution in [0.5, 0.6) is 5.75 Å². The summed E-state index contributed by atoms with van der Waals surface area (Å²) >= 11 is 0. The minimum absolute atomic E-state index is 0.170. The van der Waals surface area contributed by atoms with Gasteiger partial charge in [-0.3, -0.25) is 0 Å². The van der Waals surface area contributed by atoms with E-state index in [9.17, 15) is 0 Å². The minimum Gasteiger partial charge on any atom is -0.497 e. The first kappa shape index (κ1) is 13.2. The maximum atomic E-state index is 5.76. The molecule has 0 aromatic heterocycles. The summed E-state index contributed by atoms with van der Waals surface area (Å²) in [7, 11) is 1.69. The Morgan fingerprint density at radius 3 is 2.65 bits per heavy atom. The monoisotopic (exact) mass is 269 g/mol. The Kier molecular flexibility index (Phi) is 4.00. The van der Waals surface area contributed by atoms with Gasteiger partial charge in [-0.2, -0.15) is 0 Å². The number of rotatable bonds is 3. The summed E-state index contributed by atoms with van der Waals surface area (Å²) in [5.74, 6) is 0.881. The SMILES string of the molecule is COc1cccc(-c2ccc(C3CNCCO3)cc2)c1. The van der Waals surface area contributed by atoms with Crippen molar-refractivity contribution in [3.63, 3.8) is 0 Å². The third-order valence-electron chi connectivity index (χ3n) is 3.61. The molecule has 0 spiro atoms. The second-order valence-corrected chi connectivity index (χ2v) is 4.92. The Hall–Kier alpha value is -1.84. The van der Waals surface area contributed by atoms with Crippen LogP contribution < -0.4 is 10.1 Å². The zero-order valence-electron chi connectivity index (χ0n) is 11.6. The molecule has 1 atom stereocenters. The van der Waals surface area contributed by atoms with Crippen molar-refractivity contribution in [2.45, 2.75) is 6.10 Å². The van der Waals surface area contributed by atoms with E-state index in [0.29, 0.717) is 0 Å². The first-order valence-corrected chi connectivity index (χ1v) is 6.93. The lowest BCUT2D eigenvalue weighted by atomic mass is 10.0. The van der Waals surface area contributed by atoms with Gasteiger partial charge in [-0.05, 0) is 28.8 Å². The lowest BCUT2D eigenvalue weighted by Gasteiger charge is -2.24. The van der Waals surface area contributed by atoms with Crippen LogP contribution in [-0.2, 0) is 4.74 Å². The Bertz CT molecular complexity index is 559. The van der Waals surface area contributed by atoms with Crippen molar-refractivity contribution in [1.29, 1.82) is 0 Å². The second-order valence-electron chi connectivity index (χ2n) is 4.92. The van der Waals surface area contributed by atoms with Gasteiger partial charge in [0.1, 0.15) is 5.75 Å². The van der Waals surface area contributed by atoms with Crippen molar-refractivity contribution in [2.24, 2.45) is 0 Å². The van der Waals surface area contributed by atoms with Crippen molar-refractivity contribution in [3.8, 4) is 16.9 Å². The van der Waals surface area contributed by atoms with Crippen LogP contribution in [0.2, 0.25) is 0 Å². The van der Waals surface area contributed by atoms with E-state index in [2.05, 4.69) is 35.6 Å². The Labute approximate surface area is 119 Å². The van der Waals surface area contributed by atoms with Crippen molar-refractivity contribution in [2.75, 3.05) is 26.8 Å². The third kappa shape index (κ3) is 2.84. The van der Waals surface area contributed by atoms with E-state index in [-0.39, 0.29) is 6.10 Å². The fourth-order valence-electron chi connectivity index (χ4n) is 2.47. The molecule has 1 unspecified atom stereocenters. The summed E-state index contributed by atoms with van der Waals surface area (Å²) in [5, 5.41) is 3.35. The van der Waals surface area contributed by atoms with E-state index in [4.69, 9.17) is 9.47 Å².